The first-order valence-electron chi connectivity index (χ1n) is 6.56. The smallest absolute Gasteiger partial charge is 0.231 e. The molecule has 0 aliphatic carbocycles. The zero-order chi connectivity index (χ0) is 12.8. The molecule has 0 amide bonds. The van der Waals surface area contributed by atoms with E-state index in [0.29, 0.717) is 6.42 Å². The fourth-order valence-corrected chi connectivity index (χ4v) is 2.96. The number of aryl methyl sites for hydroxylation is 1. The predicted octanol–water partition coefficient (Wildman–Crippen LogP) is 3.89. The van der Waals surface area contributed by atoms with Crippen molar-refractivity contribution in [1.29, 1.82) is 0 Å². The molecule has 1 aliphatic rings. The van der Waals surface area contributed by atoms with Gasteiger partial charge >= 0.3 is 0 Å². The van der Waals surface area contributed by atoms with Crippen LogP contribution in [-0.4, -0.2) is 10.5 Å². The Kier molecular flexibility index (Phi) is 2.12. The molecule has 2 aromatic carbocycles. The zero-order valence-corrected chi connectivity index (χ0v) is 10.5. The zero-order valence-electron chi connectivity index (χ0n) is 10.5. The van der Waals surface area contributed by atoms with Crippen LogP contribution in [0.4, 0.5) is 0 Å². The van der Waals surface area contributed by atoms with Crippen LogP contribution in [0.15, 0.2) is 54.6 Å². The van der Waals surface area contributed by atoms with Gasteiger partial charge in [-0.05, 0) is 24.1 Å². The van der Waals surface area contributed by atoms with Crippen LogP contribution < -0.4 is 0 Å². The molecule has 1 aliphatic heterocycles. The molecular weight excluding hydrogens is 234 g/mol. The predicted molar refractivity (Wildman–Crippen MR) is 76.3 cm³/mol. The summed E-state index contributed by atoms with van der Waals surface area (Å²) in [4.78, 5) is 12.4. The first-order chi connectivity index (χ1) is 9.34. The van der Waals surface area contributed by atoms with Gasteiger partial charge in [0.05, 0.1) is 11.2 Å². The highest BCUT2D eigenvalue weighted by atomic mass is 16.2. The summed E-state index contributed by atoms with van der Waals surface area (Å²) in [6, 6.07) is 18.5. The highest BCUT2D eigenvalue weighted by Crippen LogP contribution is 2.33. The average molecular weight is 247 g/mol. The number of hydrogen-bond acceptors (Lipinski definition) is 1. The Bertz CT molecular complexity index is 798. The molecule has 19 heavy (non-hydrogen) atoms. The number of rotatable bonds is 0. The van der Waals surface area contributed by atoms with E-state index in [-0.39, 0.29) is 5.91 Å². The van der Waals surface area contributed by atoms with Gasteiger partial charge in [-0.25, -0.2) is 0 Å². The highest BCUT2D eigenvalue weighted by molar-refractivity contribution is 5.99. The molecule has 2 heteroatoms. The number of aromatic nitrogens is 1. The van der Waals surface area contributed by atoms with Crippen LogP contribution in [0.2, 0.25) is 0 Å². The molecule has 0 radical (unpaired) electrons. The molecule has 4 rings (SSSR count). The average Bonchev–Trinajstić information content (AvgIpc) is 2.78. The molecule has 0 fully saturated rings. The van der Waals surface area contributed by atoms with Gasteiger partial charge in [-0.1, -0.05) is 42.5 Å². The van der Waals surface area contributed by atoms with Gasteiger partial charge in [-0.2, -0.15) is 0 Å². The van der Waals surface area contributed by atoms with E-state index in [1.165, 1.54) is 11.1 Å². The fraction of sp³-hybridized carbons (Fsp3) is 0.118. The molecule has 0 bridgehead atoms. The Morgan fingerprint density at radius 3 is 2.63 bits per heavy atom. The van der Waals surface area contributed by atoms with E-state index in [1.54, 1.807) is 0 Å². The molecule has 2 nitrogen and oxygen atoms in total. The summed E-state index contributed by atoms with van der Waals surface area (Å²) in [5, 5.41) is 1.13. The second kappa shape index (κ2) is 3.82. The number of benzene rings is 2. The fourth-order valence-electron chi connectivity index (χ4n) is 2.96. The molecule has 1 aromatic heterocycles. The molecule has 0 saturated carbocycles. The van der Waals surface area contributed by atoms with Crippen molar-refractivity contribution in [1.82, 2.24) is 4.57 Å². The van der Waals surface area contributed by atoms with Crippen molar-refractivity contribution in [2.24, 2.45) is 0 Å². The lowest BCUT2D eigenvalue weighted by Gasteiger charge is -2.06. The number of carbonyl (C=O) groups excluding carboxylic acids is 1. The van der Waals surface area contributed by atoms with Crippen molar-refractivity contribution >= 4 is 16.8 Å². The topological polar surface area (TPSA) is 22.0 Å². The van der Waals surface area contributed by atoms with Gasteiger partial charge in [-0.3, -0.25) is 9.36 Å². The lowest BCUT2D eigenvalue weighted by atomic mass is 10.0. The van der Waals surface area contributed by atoms with Crippen LogP contribution in [0.1, 0.15) is 16.8 Å². The van der Waals surface area contributed by atoms with Gasteiger partial charge in [0.25, 0.3) is 0 Å². The summed E-state index contributed by atoms with van der Waals surface area (Å²) in [5.74, 6) is 0.187. The molecule has 3 aromatic rings. The normalized spacial score (nSPS) is 14.0. The lowest BCUT2D eigenvalue weighted by Crippen LogP contribution is -2.09. The van der Waals surface area contributed by atoms with Gasteiger partial charge in [-0.15, -0.1) is 0 Å². The third-order valence-electron chi connectivity index (χ3n) is 3.86. The van der Waals surface area contributed by atoms with Crippen LogP contribution in [0.25, 0.3) is 22.2 Å². The summed E-state index contributed by atoms with van der Waals surface area (Å²) >= 11 is 0. The van der Waals surface area contributed by atoms with Crippen molar-refractivity contribution in [3.8, 4) is 11.3 Å². The number of nitrogens with zero attached hydrogens (tertiary/aromatic N) is 1. The van der Waals surface area contributed by atoms with Gasteiger partial charge in [0.1, 0.15) is 0 Å². The Hall–Kier alpha value is -2.35. The minimum Gasteiger partial charge on any atom is -0.280 e. The summed E-state index contributed by atoms with van der Waals surface area (Å²) in [6.07, 6.45) is 1.40. The van der Waals surface area contributed by atoms with Crippen LogP contribution in [0.5, 0.6) is 0 Å². The maximum Gasteiger partial charge on any atom is 0.231 e. The molecule has 92 valence electrons. The van der Waals surface area contributed by atoms with Crippen molar-refractivity contribution in [2.45, 2.75) is 12.8 Å². The van der Waals surface area contributed by atoms with Crippen molar-refractivity contribution in [2.75, 3.05) is 0 Å². The minimum atomic E-state index is 0.187. The van der Waals surface area contributed by atoms with E-state index in [1.807, 2.05) is 34.9 Å². The minimum absolute atomic E-state index is 0.187. The second-order valence-electron chi connectivity index (χ2n) is 4.97. The van der Waals surface area contributed by atoms with E-state index in [2.05, 4.69) is 24.3 Å². The van der Waals surface area contributed by atoms with Crippen molar-refractivity contribution < 1.29 is 4.79 Å². The summed E-state index contributed by atoms with van der Waals surface area (Å²) in [5.41, 5.74) is 4.49. The quantitative estimate of drug-likeness (QED) is 0.590. The summed E-state index contributed by atoms with van der Waals surface area (Å²) in [7, 11) is 0. The maximum atomic E-state index is 12.4. The Balaban J connectivity index is 2.14. The molecule has 0 atom stereocenters. The summed E-state index contributed by atoms with van der Waals surface area (Å²) in [6.45, 7) is 0. The van der Waals surface area contributed by atoms with Gasteiger partial charge in [0, 0.05) is 17.4 Å². The molecule has 0 N–H and O–H groups in total. The number of fused-ring (bicyclic) bond motifs is 5. The van der Waals surface area contributed by atoms with E-state index >= 15 is 0 Å². The molecule has 0 spiro atoms. The van der Waals surface area contributed by atoms with E-state index in [0.717, 1.165) is 23.0 Å². The van der Waals surface area contributed by atoms with Crippen molar-refractivity contribution in [3.05, 3.63) is 60.2 Å². The van der Waals surface area contributed by atoms with Crippen LogP contribution in [0.3, 0.4) is 0 Å². The van der Waals surface area contributed by atoms with Crippen molar-refractivity contribution in [3.63, 3.8) is 0 Å². The van der Waals surface area contributed by atoms with Gasteiger partial charge < -0.3 is 0 Å². The number of carbonyl (C=O) groups is 1. The number of para-hydroxylation sites is 1. The van der Waals surface area contributed by atoms with E-state index in [9.17, 15) is 4.79 Å². The Morgan fingerprint density at radius 2 is 1.68 bits per heavy atom. The van der Waals surface area contributed by atoms with Crippen LogP contribution in [-0.2, 0) is 6.42 Å². The third kappa shape index (κ3) is 1.46. The Labute approximate surface area is 111 Å². The Morgan fingerprint density at radius 1 is 0.895 bits per heavy atom. The standard InChI is InChI=1S/C17H13NO/c19-17-10-9-12-5-1-3-7-14(12)16-11-13-6-2-4-8-15(13)18(16)17/h1-8,11H,9-10H2. The van der Waals surface area contributed by atoms with Gasteiger partial charge in [0.15, 0.2) is 0 Å². The van der Waals surface area contributed by atoms with Crippen LogP contribution >= 0.6 is 0 Å². The number of hydrogen-bond donors (Lipinski definition) is 0. The maximum absolute atomic E-state index is 12.4. The lowest BCUT2D eigenvalue weighted by molar-refractivity contribution is 0.0912. The molecule has 0 unspecified atom stereocenters. The third-order valence-corrected chi connectivity index (χ3v) is 3.86. The highest BCUT2D eigenvalue weighted by Gasteiger charge is 2.21. The second-order valence-corrected chi connectivity index (χ2v) is 4.97. The molecular formula is C17H13NO. The van der Waals surface area contributed by atoms with E-state index in [4.69, 9.17) is 0 Å². The molecule has 2 heterocycles. The monoisotopic (exact) mass is 247 g/mol. The SMILES string of the molecule is O=C1CCc2ccccc2-c2cc3ccccc3n21. The first-order valence-corrected chi connectivity index (χ1v) is 6.56. The largest absolute Gasteiger partial charge is 0.280 e. The first kappa shape index (κ1) is 10.6. The molecule has 0 saturated heterocycles. The summed E-state index contributed by atoms with van der Waals surface area (Å²) < 4.78 is 1.88. The van der Waals surface area contributed by atoms with Gasteiger partial charge in [0.2, 0.25) is 5.91 Å². The van der Waals surface area contributed by atoms with E-state index < -0.39 is 0 Å². The van der Waals surface area contributed by atoms with Crippen LogP contribution in [0, 0.1) is 0 Å².